The summed E-state index contributed by atoms with van der Waals surface area (Å²) in [5.74, 6) is 0.906. The number of unbranched alkanes of at least 4 members (excludes halogenated alkanes) is 1. The molecule has 0 saturated carbocycles. The Bertz CT molecular complexity index is 1340. The van der Waals surface area contributed by atoms with Crippen LogP contribution in [0, 0.1) is 11.6 Å². The SMILES string of the molecule is CC(=O)CCc1nccn1CCCCc1ccc(OCc2coc(/C=C/c3ccc(F)cc3F)n2)cc1. The summed E-state index contributed by atoms with van der Waals surface area (Å²) >= 11 is 0. The second-order valence-electron chi connectivity index (χ2n) is 8.80. The number of carbonyl (C=O) groups is 1. The standard InChI is InChI=1S/C29H29F2N3O3/c1-21(35)5-13-28-32-15-17-34(28)16-3-2-4-22-6-11-26(12-7-22)36-19-25-20-37-29(33-25)14-9-23-8-10-24(30)18-27(23)31/h6-12,14-15,17-18,20H,2-5,13,16,19H2,1H3/b14-9+. The first kappa shape index (κ1) is 26.0. The average Bonchev–Trinajstić information content (AvgIpc) is 3.53. The van der Waals surface area contributed by atoms with Gasteiger partial charge in [-0.2, -0.15) is 0 Å². The molecule has 0 amide bonds. The number of carbonyl (C=O) groups excluding carboxylic acids is 1. The van der Waals surface area contributed by atoms with Crippen molar-refractivity contribution in [1.29, 1.82) is 0 Å². The van der Waals surface area contributed by atoms with Crippen LogP contribution in [0.3, 0.4) is 0 Å². The van der Waals surface area contributed by atoms with E-state index in [1.165, 1.54) is 36.1 Å². The molecular weight excluding hydrogens is 476 g/mol. The van der Waals surface area contributed by atoms with Crippen LogP contribution < -0.4 is 4.74 Å². The predicted octanol–water partition coefficient (Wildman–Crippen LogP) is 6.44. The first-order valence-corrected chi connectivity index (χ1v) is 12.2. The first-order valence-electron chi connectivity index (χ1n) is 12.2. The highest BCUT2D eigenvalue weighted by Gasteiger charge is 2.06. The van der Waals surface area contributed by atoms with E-state index in [0.29, 0.717) is 24.4 Å². The summed E-state index contributed by atoms with van der Waals surface area (Å²) in [6.07, 6.45) is 12.5. The lowest BCUT2D eigenvalue weighted by atomic mass is 10.1. The molecule has 0 unspecified atom stereocenters. The van der Waals surface area contributed by atoms with Crippen molar-refractivity contribution in [2.75, 3.05) is 0 Å². The minimum Gasteiger partial charge on any atom is -0.487 e. The van der Waals surface area contributed by atoms with E-state index in [1.807, 2.05) is 18.3 Å². The summed E-state index contributed by atoms with van der Waals surface area (Å²) in [5.41, 5.74) is 2.08. The summed E-state index contributed by atoms with van der Waals surface area (Å²) < 4.78 is 40.0. The highest BCUT2D eigenvalue weighted by atomic mass is 19.1. The van der Waals surface area contributed by atoms with Gasteiger partial charge in [0.05, 0.1) is 0 Å². The molecule has 0 fully saturated rings. The van der Waals surface area contributed by atoms with Crippen molar-refractivity contribution in [2.45, 2.75) is 52.2 Å². The number of ketones is 1. The van der Waals surface area contributed by atoms with E-state index in [0.717, 1.165) is 43.4 Å². The van der Waals surface area contributed by atoms with Gasteiger partial charge >= 0.3 is 0 Å². The fourth-order valence-corrected chi connectivity index (χ4v) is 3.84. The summed E-state index contributed by atoms with van der Waals surface area (Å²) in [7, 11) is 0. The van der Waals surface area contributed by atoms with E-state index in [9.17, 15) is 13.6 Å². The fourth-order valence-electron chi connectivity index (χ4n) is 3.84. The van der Waals surface area contributed by atoms with Crippen molar-refractivity contribution in [1.82, 2.24) is 14.5 Å². The number of benzene rings is 2. The molecule has 0 radical (unpaired) electrons. The van der Waals surface area contributed by atoms with E-state index in [1.54, 1.807) is 13.1 Å². The molecule has 0 bridgehead atoms. The molecule has 0 N–H and O–H groups in total. The van der Waals surface area contributed by atoms with E-state index < -0.39 is 11.6 Å². The highest BCUT2D eigenvalue weighted by Crippen LogP contribution is 2.17. The zero-order valence-electron chi connectivity index (χ0n) is 20.7. The van der Waals surface area contributed by atoms with Crippen LogP contribution in [0.2, 0.25) is 0 Å². The Morgan fingerprint density at radius 3 is 2.70 bits per heavy atom. The van der Waals surface area contributed by atoms with Crippen LogP contribution in [0.25, 0.3) is 12.2 Å². The molecule has 2 heterocycles. The Morgan fingerprint density at radius 2 is 1.92 bits per heavy atom. The lowest BCUT2D eigenvalue weighted by Gasteiger charge is -2.08. The molecule has 0 aliphatic heterocycles. The number of ether oxygens (including phenoxy) is 1. The van der Waals surface area contributed by atoms with Gasteiger partial charge in [-0.05, 0) is 62.1 Å². The maximum Gasteiger partial charge on any atom is 0.218 e. The van der Waals surface area contributed by atoms with Gasteiger partial charge in [0, 0.05) is 49.5 Å². The molecule has 0 aliphatic rings. The predicted molar refractivity (Wildman–Crippen MR) is 137 cm³/mol. The van der Waals surface area contributed by atoms with Crippen LogP contribution >= 0.6 is 0 Å². The second kappa shape index (κ2) is 12.8. The molecule has 0 saturated heterocycles. The Morgan fingerprint density at radius 1 is 1.08 bits per heavy atom. The Labute approximate surface area is 214 Å². The number of halogens is 2. The fraction of sp³-hybridized carbons (Fsp3) is 0.276. The van der Waals surface area contributed by atoms with Crippen LogP contribution in [0.1, 0.15) is 54.7 Å². The maximum absolute atomic E-state index is 13.7. The molecule has 0 spiro atoms. The van der Waals surface area contributed by atoms with E-state index >= 15 is 0 Å². The van der Waals surface area contributed by atoms with Gasteiger partial charge < -0.3 is 18.5 Å². The van der Waals surface area contributed by atoms with Gasteiger partial charge in [0.25, 0.3) is 0 Å². The molecular formula is C29H29F2N3O3. The summed E-state index contributed by atoms with van der Waals surface area (Å²) in [4.78, 5) is 19.9. The van der Waals surface area contributed by atoms with Crippen molar-refractivity contribution < 1.29 is 22.7 Å². The molecule has 6 nitrogen and oxygen atoms in total. The monoisotopic (exact) mass is 505 g/mol. The Hall–Kier alpha value is -4.07. The normalized spacial score (nSPS) is 11.3. The van der Waals surface area contributed by atoms with Crippen molar-refractivity contribution >= 4 is 17.9 Å². The molecule has 4 aromatic rings. The van der Waals surface area contributed by atoms with Gasteiger partial charge in [-0.1, -0.05) is 12.1 Å². The van der Waals surface area contributed by atoms with Gasteiger partial charge in [-0.25, -0.2) is 18.7 Å². The van der Waals surface area contributed by atoms with Gasteiger partial charge in [-0.15, -0.1) is 0 Å². The van der Waals surface area contributed by atoms with Crippen LogP contribution in [0.4, 0.5) is 8.78 Å². The zero-order chi connectivity index (χ0) is 26.0. The summed E-state index contributed by atoms with van der Waals surface area (Å²) in [5, 5.41) is 0. The van der Waals surface area contributed by atoms with Crippen LogP contribution in [-0.2, 0) is 30.8 Å². The van der Waals surface area contributed by atoms with Crippen molar-refractivity contribution in [3.8, 4) is 5.75 Å². The molecule has 192 valence electrons. The number of hydrogen-bond acceptors (Lipinski definition) is 5. The van der Waals surface area contributed by atoms with E-state index in [2.05, 4.69) is 26.7 Å². The highest BCUT2D eigenvalue weighted by molar-refractivity contribution is 5.75. The molecule has 4 rings (SSSR count). The lowest BCUT2D eigenvalue weighted by molar-refractivity contribution is -0.117. The largest absolute Gasteiger partial charge is 0.487 e. The molecule has 2 aromatic carbocycles. The third-order valence-corrected chi connectivity index (χ3v) is 5.86. The number of Topliss-reactive ketones (excluding diaryl/α,β-unsaturated/α-hetero) is 1. The van der Waals surface area contributed by atoms with Crippen molar-refractivity contribution in [3.63, 3.8) is 0 Å². The molecule has 0 atom stereocenters. The number of nitrogens with zero attached hydrogens (tertiary/aromatic N) is 3. The first-order chi connectivity index (χ1) is 18.0. The average molecular weight is 506 g/mol. The minimum atomic E-state index is -0.650. The molecule has 8 heteroatoms. The summed E-state index contributed by atoms with van der Waals surface area (Å²) in [6, 6.07) is 11.4. The molecule has 0 aliphatic carbocycles. The van der Waals surface area contributed by atoms with Crippen molar-refractivity contribution in [2.24, 2.45) is 0 Å². The third kappa shape index (κ3) is 7.96. The van der Waals surface area contributed by atoms with E-state index in [4.69, 9.17) is 9.15 Å². The van der Waals surface area contributed by atoms with Crippen LogP contribution in [0.15, 0.2) is 65.5 Å². The maximum atomic E-state index is 13.7. The molecule has 2 aromatic heterocycles. The number of imidazole rings is 1. The summed E-state index contributed by atoms with van der Waals surface area (Å²) in [6.45, 7) is 2.73. The Kier molecular flexibility index (Phi) is 8.97. The number of aryl methyl sites for hydroxylation is 3. The molecule has 37 heavy (non-hydrogen) atoms. The number of hydrogen-bond donors (Lipinski definition) is 0. The second-order valence-corrected chi connectivity index (χ2v) is 8.80. The Balaban J connectivity index is 1.19. The third-order valence-electron chi connectivity index (χ3n) is 5.86. The topological polar surface area (TPSA) is 70.2 Å². The smallest absolute Gasteiger partial charge is 0.218 e. The number of oxazole rings is 1. The number of rotatable bonds is 13. The lowest BCUT2D eigenvalue weighted by Crippen LogP contribution is -2.05. The van der Waals surface area contributed by atoms with Gasteiger partial charge in [-0.3, -0.25) is 0 Å². The number of aromatic nitrogens is 3. The van der Waals surface area contributed by atoms with E-state index in [-0.39, 0.29) is 18.0 Å². The quantitative estimate of drug-likeness (QED) is 0.196. The minimum absolute atomic E-state index is 0.182. The van der Waals surface area contributed by atoms with Gasteiger partial charge in [0.15, 0.2) is 0 Å². The van der Waals surface area contributed by atoms with Crippen molar-refractivity contribution in [3.05, 3.63) is 101 Å². The van der Waals surface area contributed by atoms with Crippen LogP contribution in [0.5, 0.6) is 5.75 Å². The van der Waals surface area contributed by atoms with Gasteiger partial charge in [0.2, 0.25) is 5.89 Å². The zero-order valence-corrected chi connectivity index (χ0v) is 20.7. The van der Waals surface area contributed by atoms with Crippen LogP contribution in [-0.4, -0.2) is 20.3 Å². The van der Waals surface area contributed by atoms with Gasteiger partial charge in [0.1, 0.15) is 47.6 Å².